The Hall–Kier alpha value is -2.67. The number of ether oxygens (including phenoxy) is 1. The lowest BCUT2D eigenvalue weighted by molar-refractivity contribution is -0.136. The number of methoxy groups -OCH3 is 1. The lowest BCUT2D eigenvalue weighted by Crippen LogP contribution is -2.32. The van der Waals surface area contributed by atoms with E-state index in [1.807, 2.05) is 24.3 Å². The van der Waals surface area contributed by atoms with Gasteiger partial charge in [0.25, 0.3) is 0 Å². The first kappa shape index (κ1) is 16.7. The van der Waals surface area contributed by atoms with Gasteiger partial charge in [-0.2, -0.15) is 5.10 Å². The molecule has 0 aromatic heterocycles. The van der Waals surface area contributed by atoms with Crippen molar-refractivity contribution in [3.8, 4) is 5.75 Å². The molecular formula is C16H14BrN3O3. The van der Waals surface area contributed by atoms with Crippen LogP contribution in [0.15, 0.2) is 58.1 Å². The van der Waals surface area contributed by atoms with Crippen LogP contribution in [0.2, 0.25) is 0 Å². The zero-order valence-corrected chi connectivity index (χ0v) is 13.8. The molecule has 0 saturated heterocycles. The Morgan fingerprint density at radius 2 is 1.87 bits per heavy atom. The lowest BCUT2D eigenvalue weighted by Gasteiger charge is -2.05. The third-order valence-corrected chi connectivity index (χ3v) is 3.28. The molecule has 0 heterocycles. The van der Waals surface area contributed by atoms with Gasteiger partial charge >= 0.3 is 11.8 Å². The summed E-state index contributed by atoms with van der Waals surface area (Å²) in [6.45, 7) is 0. The molecule has 0 fully saturated rings. The monoisotopic (exact) mass is 375 g/mol. The van der Waals surface area contributed by atoms with Crippen molar-refractivity contribution in [2.45, 2.75) is 0 Å². The summed E-state index contributed by atoms with van der Waals surface area (Å²) in [5, 5.41) is 6.21. The van der Waals surface area contributed by atoms with Crippen molar-refractivity contribution < 1.29 is 14.3 Å². The molecule has 0 saturated carbocycles. The SMILES string of the molecule is COc1ccc(NC(=O)C(=O)N/N=C\c2cccc(Br)c2)cc1. The Kier molecular flexibility index (Phi) is 5.87. The highest BCUT2D eigenvalue weighted by Gasteiger charge is 2.12. The minimum absolute atomic E-state index is 0.488. The van der Waals surface area contributed by atoms with E-state index in [1.165, 1.54) is 6.21 Å². The molecule has 0 spiro atoms. The summed E-state index contributed by atoms with van der Waals surface area (Å²) >= 11 is 3.33. The van der Waals surface area contributed by atoms with E-state index in [9.17, 15) is 9.59 Å². The van der Waals surface area contributed by atoms with Gasteiger partial charge in [-0.25, -0.2) is 5.43 Å². The van der Waals surface area contributed by atoms with Crippen molar-refractivity contribution in [3.63, 3.8) is 0 Å². The van der Waals surface area contributed by atoms with E-state index in [-0.39, 0.29) is 0 Å². The van der Waals surface area contributed by atoms with Crippen molar-refractivity contribution >= 4 is 39.6 Å². The topological polar surface area (TPSA) is 79.8 Å². The number of benzene rings is 2. The maximum absolute atomic E-state index is 11.7. The molecule has 23 heavy (non-hydrogen) atoms. The highest BCUT2D eigenvalue weighted by molar-refractivity contribution is 9.10. The molecule has 0 aliphatic rings. The third kappa shape index (κ3) is 5.23. The molecular weight excluding hydrogens is 362 g/mol. The van der Waals surface area contributed by atoms with Crippen LogP contribution in [-0.2, 0) is 9.59 Å². The average Bonchev–Trinajstić information content (AvgIpc) is 2.55. The summed E-state index contributed by atoms with van der Waals surface area (Å²) in [6, 6.07) is 14.0. The van der Waals surface area contributed by atoms with Gasteiger partial charge < -0.3 is 10.1 Å². The van der Waals surface area contributed by atoms with Gasteiger partial charge in [-0.1, -0.05) is 28.1 Å². The number of nitrogens with zero attached hydrogens (tertiary/aromatic N) is 1. The second kappa shape index (κ2) is 8.09. The van der Waals surface area contributed by atoms with E-state index in [0.29, 0.717) is 11.4 Å². The van der Waals surface area contributed by atoms with Crippen LogP contribution in [0.3, 0.4) is 0 Å². The predicted octanol–water partition coefficient (Wildman–Crippen LogP) is 2.55. The molecule has 0 bridgehead atoms. The van der Waals surface area contributed by atoms with Gasteiger partial charge in [0.2, 0.25) is 0 Å². The van der Waals surface area contributed by atoms with E-state index < -0.39 is 11.8 Å². The molecule has 2 aromatic rings. The zero-order valence-electron chi connectivity index (χ0n) is 12.2. The first-order valence-electron chi connectivity index (χ1n) is 6.62. The van der Waals surface area contributed by atoms with Gasteiger partial charge in [-0.15, -0.1) is 0 Å². The van der Waals surface area contributed by atoms with Crippen LogP contribution in [0.4, 0.5) is 5.69 Å². The zero-order chi connectivity index (χ0) is 16.7. The first-order chi connectivity index (χ1) is 11.1. The fourth-order valence-corrected chi connectivity index (χ4v) is 2.08. The van der Waals surface area contributed by atoms with Crippen molar-refractivity contribution in [1.29, 1.82) is 0 Å². The van der Waals surface area contributed by atoms with E-state index in [2.05, 4.69) is 31.8 Å². The highest BCUT2D eigenvalue weighted by Crippen LogP contribution is 2.14. The molecule has 2 rings (SSSR count). The number of nitrogens with one attached hydrogen (secondary N) is 2. The van der Waals surface area contributed by atoms with E-state index in [1.54, 1.807) is 31.4 Å². The van der Waals surface area contributed by atoms with Crippen LogP contribution in [-0.4, -0.2) is 25.1 Å². The van der Waals surface area contributed by atoms with Crippen LogP contribution in [0.5, 0.6) is 5.75 Å². The average molecular weight is 376 g/mol. The number of rotatable bonds is 4. The van der Waals surface area contributed by atoms with Crippen molar-refractivity contribution in [1.82, 2.24) is 5.43 Å². The van der Waals surface area contributed by atoms with Crippen LogP contribution < -0.4 is 15.5 Å². The number of anilines is 1. The van der Waals surface area contributed by atoms with E-state index >= 15 is 0 Å². The van der Waals surface area contributed by atoms with Gasteiger partial charge in [0.15, 0.2) is 0 Å². The number of hydrazone groups is 1. The van der Waals surface area contributed by atoms with Gasteiger partial charge in [-0.3, -0.25) is 9.59 Å². The largest absolute Gasteiger partial charge is 0.497 e. The summed E-state index contributed by atoms with van der Waals surface area (Å²) in [7, 11) is 1.55. The van der Waals surface area contributed by atoms with Gasteiger partial charge in [0.05, 0.1) is 13.3 Å². The molecule has 7 heteroatoms. The molecule has 118 valence electrons. The molecule has 0 unspecified atom stereocenters. The minimum atomic E-state index is -0.855. The van der Waals surface area contributed by atoms with Crippen LogP contribution in [0, 0.1) is 0 Å². The summed E-state index contributed by atoms with van der Waals surface area (Å²) < 4.78 is 5.90. The summed E-state index contributed by atoms with van der Waals surface area (Å²) in [5.41, 5.74) is 3.45. The molecule has 0 aliphatic carbocycles. The second-order valence-corrected chi connectivity index (χ2v) is 5.35. The number of carbonyl (C=O) groups excluding carboxylic acids is 2. The summed E-state index contributed by atoms with van der Waals surface area (Å²) in [4.78, 5) is 23.4. The highest BCUT2D eigenvalue weighted by atomic mass is 79.9. The molecule has 2 aromatic carbocycles. The van der Waals surface area contributed by atoms with E-state index in [4.69, 9.17) is 4.74 Å². The number of amides is 2. The fourth-order valence-electron chi connectivity index (χ4n) is 1.67. The number of carbonyl (C=O) groups is 2. The predicted molar refractivity (Wildman–Crippen MR) is 91.5 cm³/mol. The van der Waals surface area contributed by atoms with Crippen molar-refractivity contribution in [2.75, 3.05) is 12.4 Å². The normalized spacial score (nSPS) is 10.3. The number of hydrogen-bond donors (Lipinski definition) is 2. The Balaban J connectivity index is 1.88. The lowest BCUT2D eigenvalue weighted by atomic mass is 10.2. The Morgan fingerprint density at radius 1 is 1.13 bits per heavy atom. The molecule has 2 N–H and O–H groups in total. The van der Waals surface area contributed by atoms with Crippen LogP contribution >= 0.6 is 15.9 Å². The second-order valence-electron chi connectivity index (χ2n) is 4.44. The Labute approximate surface area is 141 Å². The van der Waals surface area contributed by atoms with Gasteiger partial charge in [-0.05, 0) is 42.0 Å². The fraction of sp³-hybridized carbons (Fsp3) is 0.0625. The smallest absolute Gasteiger partial charge is 0.329 e. The van der Waals surface area contributed by atoms with Crippen LogP contribution in [0.1, 0.15) is 5.56 Å². The molecule has 0 aliphatic heterocycles. The van der Waals surface area contributed by atoms with Crippen molar-refractivity contribution in [3.05, 3.63) is 58.6 Å². The van der Waals surface area contributed by atoms with Crippen LogP contribution in [0.25, 0.3) is 0 Å². The number of halogens is 1. The number of hydrogen-bond acceptors (Lipinski definition) is 4. The van der Waals surface area contributed by atoms with Gasteiger partial charge in [0, 0.05) is 10.2 Å². The molecule has 0 atom stereocenters. The van der Waals surface area contributed by atoms with Gasteiger partial charge in [0.1, 0.15) is 5.75 Å². The molecule has 2 amide bonds. The minimum Gasteiger partial charge on any atom is -0.497 e. The summed E-state index contributed by atoms with van der Waals surface area (Å²) in [5.74, 6) is -1.00. The standard InChI is InChI=1S/C16H14BrN3O3/c1-23-14-7-5-13(6-8-14)19-15(21)16(22)20-18-10-11-3-2-4-12(17)9-11/h2-10H,1H3,(H,19,21)(H,20,22)/b18-10-. The Bertz CT molecular complexity index is 730. The molecule has 6 nitrogen and oxygen atoms in total. The quantitative estimate of drug-likeness (QED) is 0.489. The maximum Gasteiger partial charge on any atom is 0.329 e. The molecule has 0 radical (unpaired) electrons. The third-order valence-electron chi connectivity index (χ3n) is 2.78. The maximum atomic E-state index is 11.7. The van der Waals surface area contributed by atoms with Crippen molar-refractivity contribution in [2.24, 2.45) is 5.10 Å². The summed E-state index contributed by atoms with van der Waals surface area (Å²) in [6.07, 6.45) is 1.45. The first-order valence-corrected chi connectivity index (χ1v) is 7.42. The van der Waals surface area contributed by atoms with E-state index in [0.717, 1.165) is 10.0 Å². The Morgan fingerprint density at radius 3 is 2.52 bits per heavy atom.